The van der Waals surface area contributed by atoms with Gasteiger partial charge in [-0.2, -0.15) is 9.36 Å². The molecule has 0 amide bonds. The fraction of sp³-hybridized carbons (Fsp3) is 0.478. The van der Waals surface area contributed by atoms with Crippen molar-refractivity contribution < 1.29 is 13.5 Å². The van der Waals surface area contributed by atoms with E-state index < -0.39 is 12.0 Å². The smallest absolute Gasteiger partial charge is 0.296 e. The van der Waals surface area contributed by atoms with Crippen molar-refractivity contribution in [2.45, 2.75) is 57.1 Å². The van der Waals surface area contributed by atoms with E-state index in [1.54, 1.807) is 18.3 Å². The topological polar surface area (TPSA) is 76.1 Å². The predicted octanol–water partition coefficient (Wildman–Crippen LogP) is 5.11. The third-order valence-corrected chi connectivity index (χ3v) is 6.61. The lowest BCUT2D eigenvalue weighted by atomic mass is 10.0. The Kier molecular flexibility index (Phi) is 5.96. The van der Waals surface area contributed by atoms with Gasteiger partial charge in [-0.25, -0.2) is 18.7 Å². The van der Waals surface area contributed by atoms with Crippen molar-refractivity contribution in [2.75, 3.05) is 18.4 Å². The average molecular weight is 473 g/mol. The van der Waals surface area contributed by atoms with Gasteiger partial charge in [0.25, 0.3) is 5.92 Å². The van der Waals surface area contributed by atoms with Crippen molar-refractivity contribution in [2.24, 2.45) is 0 Å². The summed E-state index contributed by atoms with van der Waals surface area (Å²) < 4.78 is 39.2. The van der Waals surface area contributed by atoms with Crippen LogP contribution in [-0.4, -0.2) is 55.4 Å². The Balaban J connectivity index is 1.24. The molecule has 33 heavy (non-hydrogen) atoms. The molecule has 10 heteroatoms. The number of hydrogen-bond acceptors (Lipinski definition) is 8. The van der Waals surface area contributed by atoms with E-state index >= 15 is 0 Å². The molecule has 1 saturated carbocycles. The first kappa shape index (κ1) is 22.1. The molecule has 1 N–H and O–H groups in total. The maximum absolute atomic E-state index is 14.6. The van der Waals surface area contributed by atoms with Crippen LogP contribution in [0.25, 0.3) is 11.5 Å². The normalized spacial score (nSPS) is 20.7. The lowest BCUT2D eigenvalue weighted by Gasteiger charge is -2.38. The van der Waals surface area contributed by atoms with E-state index in [0.717, 1.165) is 24.2 Å². The maximum Gasteiger partial charge on any atom is 0.296 e. The second-order valence-corrected chi connectivity index (χ2v) is 9.63. The lowest BCUT2D eigenvalue weighted by molar-refractivity contribution is -0.141. The van der Waals surface area contributed by atoms with Gasteiger partial charge in [-0.15, -0.1) is 0 Å². The number of alkyl halides is 2. The first-order valence-corrected chi connectivity index (χ1v) is 12.0. The highest BCUT2D eigenvalue weighted by Gasteiger charge is 2.49. The van der Waals surface area contributed by atoms with Gasteiger partial charge in [0.05, 0.1) is 12.7 Å². The van der Waals surface area contributed by atoms with Crippen LogP contribution in [0.1, 0.15) is 44.6 Å². The predicted molar refractivity (Wildman–Crippen MR) is 123 cm³/mol. The fourth-order valence-corrected chi connectivity index (χ4v) is 4.63. The van der Waals surface area contributed by atoms with Crippen LogP contribution in [0.2, 0.25) is 0 Å². The number of likely N-dealkylation sites (tertiary alicyclic amines) is 1. The quantitative estimate of drug-likeness (QED) is 0.512. The second kappa shape index (κ2) is 8.90. The zero-order valence-corrected chi connectivity index (χ0v) is 19.4. The summed E-state index contributed by atoms with van der Waals surface area (Å²) in [6.07, 6.45) is 4.41. The van der Waals surface area contributed by atoms with E-state index in [-0.39, 0.29) is 6.54 Å². The summed E-state index contributed by atoms with van der Waals surface area (Å²) in [5.74, 6) is -1.03. The van der Waals surface area contributed by atoms with Gasteiger partial charge in [-0.1, -0.05) is 19.9 Å². The number of piperidine rings is 1. The molecule has 0 aromatic carbocycles. The van der Waals surface area contributed by atoms with Gasteiger partial charge in [0.1, 0.15) is 17.3 Å². The van der Waals surface area contributed by atoms with E-state index in [9.17, 15) is 8.78 Å². The Morgan fingerprint density at radius 3 is 2.73 bits per heavy atom. The van der Waals surface area contributed by atoms with Crippen LogP contribution in [0.3, 0.4) is 0 Å². The molecule has 1 saturated heterocycles. The maximum atomic E-state index is 14.6. The van der Waals surface area contributed by atoms with Crippen LogP contribution in [0.5, 0.6) is 5.75 Å². The first-order chi connectivity index (χ1) is 15.9. The monoisotopic (exact) mass is 472 g/mol. The van der Waals surface area contributed by atoms with Crippen LogP contribution >= 0.6 is 11.5 Å². The van der Waals surface area contributed by atoms with Gasteiger partial charge >= 0.3 is 0 Å². The molecule has 5 rings (SSSR count). The van der Waals surface area contributed by atoms with Gasteiger partial charge < -0.3 is 10.1 Å². The SMILES string of the molecule is CC(C)c1cccnc1Nc1nc(-c2ccc(OC3CCN(C4CC4)CC3(F)F)cn2)ns1. The third-order valence-electron chi connectivity index (χ3n) is 5.98. The Morgan fingerprint density at radius 1 is 1.18 bits per heavy atom. The minimum absolute atomic E-state index is 0.235. The number of halogens is 2. The largest absolute Gasteiger partial charge is 0.482 e. The third kappa shape index (κ3) is 4.96. The molecule has 0 radical (unpaired) electrons. The van der Waals surface area contributed by atoms with Gasteiger partial charge in [0.15, 0.2) is 11.9 Å². The van der Waals surface area contributed by atoms with Crippen LogP contribution in [0.15, 0.2) is 36.7 Å². The molecule has 3 aromatic rings. The Labute approximate surface area is 195 Å². The van der Waals surface area contributed by atoms with Gasteiger partial charge in [0, 0.05) is 36.7 Å². The number of ether oxygens (including phenoxy) is 1. The molecule has 4 heterocycles. The molecular weight excluding hydrogens is 446 g/mol. The molecule has 2 aliphatic rings. The van der Waals surface area contributed by atoms with Crippen molar-refractivity contribution in [3.8, 4) is 17.3 Å². The fourth-order valence-electron chi connectivity index (χ4n) is 4.06. The highest BCUT2D eigenvalue weighted by Crippen LogP contribution is 2.37. The highest BCUT2D eigenvalue weighted by atomic mass is 32.1. The van der Waals surface area contributed by atoms with Gasteiger partial charge in [0.2, 0.25) is 5.13 Å². The molecular formula is C23H26F2N6OS. The van der Waals surface area contributed by atoms with Crippen molar-refractivity contribution >= 4 is 22.5 Å². The van der Waals surface area contributed by atoms with E-state index in [1.165, 1.54) is 17.7 Å². The van der Waals surface area contributed by atoms with Crippen LogP contribution in [0, 0.1) is 0 Å². The van der Waals surface area contributed by atoms with E-state index in [4.69, 9.17) is 4.74 Å². The highest BCUT2D eigenvalue weighted by molar-refractivity contribution is 7.09. The lowest BCUT2D eigenvalue weighted by Crippen LogP contribution is -2.54. The zero-order valence-electron chi connectivity index (χ0n) is 18.5. The number of pyridine rings is 2. The Bertz CT molecular complexity index is 1100. The number of aromatic nitrogens is 4. The minimum atomic E-state index is -2.88. The number of nitrogens with one attached hydrogen (secondary N) is 1. The summed E-state index contributed by atoms with van der Waals surface area (Å²) in [7, 11) is 0. The molecule has 2 fully saturated rings. The van der Waals surface area contributed by atoms with Crippen LogP contribution < -0.4 is 10.1 Å². The summed E-state index contributed by atoms with van der Waals surface area (Å²) in [6, 6.07) is 7.61. The van der Waals surface area contributed by atoms with Gasteiger partial charge in [-0.3, -0.25) is 4.90 Å². The molecule has 174 valence electrons. The number of hydrogen-bond donors (Lipinski definition) is 1. The van der Waals surface area contributed by atoms with E-state index in [2.05, 4.69) is 38.5 Å². The standard InChI is InChI=1S/C23H26F2N6OS/c1-14(2)17-4-3-10-26-20(17)28-22-29-21(30-33-22)18-8-7-16(12-27-18)32-19-9-11-31(15-5-6-15)13-23(19,24)25/h3-4,7-8,10,12,14-15,19H,5-6,9,11,13H2,1-2H3,(H,26,28,29,30). The summed E-state index contributed by atoms with van der Waals surface area (Å²) in [5.41, 5.74) is 1.64. The molecule has 1 aliphatic carbocycles. The van der Waals surface area contributed by atoms with E-state index in [0.29, 0.717) is 47.3 Å². The Hall–Kier alpha value is -2.72. The Morgan fingerprint density at radius 2 is 2.03 bits per heavy atom. The van der Waals surface area contributed by atoms with E-state index in [1.807, 2.05) is 17.0 Å². The number of anilines is 2. The van der Waals surface area contributed by atoms with Crippen molar-refractivity contribution in [1.29, 1.82) is 0 Å². The van der Waals surface area contributed by atoms with Crippen molar-refractivity contribution in [3.05, 3.63) is 42.2 Å². The zero-order chi connectivity index (χ0) is 23.0. The summed E-state index contributed by atoms with van der Waals surface area (Å²) in [6.45, 7) is 4.62. The first-order valence-electron chi connectivity index (χ1n) is 11.2. The summed E-state index contributed by atoms with van der Waals surface area (Å²) in [4.78, 5) is 15.1. The van der Waals surface area contributed by atoms with Crippen LogP contribution in [0.4, 0.5) is 19.7 Å². The molecule has 1 aliphatic heterocycles. The number of rotatable bonds is 7. The van der Waals surface area contributed by atoms with Crippen molar-refractivity contribution in [1.82, 2.24) is 24.2 Å². The molecule has 0 spiro atoms. The summed E-state index contributed by atoms with van der Waals surface area (Å²) >= 11 is 1.21. The molecule has 1 unspecified atom stereocenters. The second-order valence-electron chi connectivity index (χ2n) is 8.88. The molecule has 3 aromatic heterocycles. The van der Waals surface area contributed by atoms with Crippen molar-refractivity contribution in [3.63, 3.8) is 0 Å². The van der Waals surface area contributed by atoms with Gasteiger partial charge in [-0.05, 0) is 42.5 Å². The minimum Gasteiger partial charge on any atom is -0.482 e. The molecule has 0 bridgehead atoms. The molecule has 7 nitrogen and oxygen atoms in total. The average Bonchev–Trinajstić information content (AvgIpc) is 3.55. The van der Waals surface area contributed by atoms with Crippen LogP contribution in [-0.2, 0) is 0 Å². The molecule has 1 atom stereocenters. The summed E-state index contributed by atoms with van der Waals surface area (Å²) in [5, 5.41) is 3.83. The number of nitrogens with zero attached hydrogens (tertiary/aromatic N) is 5.